The Balaban J connectivity index is 1.97. The third-order valence-electron chi connectivity index (χ3n) is 3.75. The number of hydrogen-bond donors (Lipinski definition) is 1. The number of nitrogens with zero attached hydrogens (tertiary/aromatic N) is 2. The first-order chi connectivity index (χ1) is 8.68. The van der Waals surface area contributed by atoms with Crippen LogP contribution in [0.15, 0.2) is 24.3 Å². The molecule has 0 aromatic heterocycles. The number of likely N-dealkylation sites (N-methyl/N-ethyl adjacent to an activating group) is 1. The second kappa shape index (κ2) is 6.21. The molecule has 1 aromatic carbocycles. The predicted octanol–water partition coefficient (Wildman–Crippen LogP) is 2.27. The van der Waals surface area contributed by atoms with Gasteiger partial charge >= 0.3 is 0 Å². The van der Waals surface area contributed by atoms with E-state index < -0.39 is 6.10 Å². The van der Waals surface area contributed by atoms with Crippen molar-refractivity contribution in [1.29, 1.82) is 0 Å². The van der Waals surface area contributed by atoms with E-state index in [-0.39, 0.29) is 0 Å². The van der Waals surface area contributed by atoms with Crippen molar-refractivity contribution in [1.82, 2.24) is 4.90 Å². The van der Waals surface area contributed by atoms with E-state index in [1.807, 2.05) is 25.1 Å². The maximum Gasteiger partial charge on any atom is 0.0781 e. The van der Waals surface area contributed by atoms with Crippen molar-refractivity contribution >= 4 is 5.69 Å². The minimum Gasteiger partial charge on any atom is -0.389 e. The molecule has 3 heteroatoms. The summed E-state index contributed by atoms with van der Waals surface area (Å²) in [7, 11) is 2.11. The molecule has 0 aliphatic carbocycles. The maximum absolute atomic E-state index is 9.80. The Morgan fingerprint density at radius 2 is 1.94 bits per heavy atom. The van der Waals surface area contributed by atoms with Gasteiger partial charge in [0.25, 0.3) is 0 Å². The first kappa shape index (κ1) is 13.4. The summed E-state index contributed by atoms with van der Waals surface area (Å²) in [6.07, 6.45) is 2.28. The second-order valence-electron chi connectivity index (χ2n) is 5.21. The summed E-state index contributed by atoms with van der Waals surface area (Å²) in [6, 6.07) is 8.12. The standard InChI is InChI=1S/C15H24N2O/c1-13(18)14-7-3-4-8-15(14)16(2)11-12-17-9-5-6-10-17/h3-4,7-8,13,18H,5-6,9-12H2,1-2H3/t13-/m1/s1. The SMILES string of the molecule is C[C@@H](O)c1ccccc1N(C)CCN1CCCC1. The van der Waals surface area contributed by atoms with Crippen LogP contribution in [0.4, 0.5) is 5.69 Å². The smallest absolute Gasteiger partial charge is 0.0781 e. The number of aliphatic hydroxyl groups excluding tert-OH is 1. The number of likely N-dealkylation sites (tertiary alicyclic amines) is 1. The zero-order chi connectivity index (χ0) is 13.0. The minimum atomic E-state index is -0.407. The third-order valence-corrected chi connectivity index (χ3v) is 3.75. The Morgan fingerprint density at radius 3 is 2.61 bits per heavy atom. The fraction of sp³-hybridized carbons (Fsp3) is 0.600. The molecular weight excluding hydrogens is 224 g/mol. The van der Waals surface area contributed by atoms with Gasteiger partial charge in [0.05, 0.1) is 6.10 Å². The first-order valence-corrected chi connectivity index (χ1v) is 6.89. The monoisotopic (exact) mass is 248 g/mol. The van der Waals surface area contributed by atoms with Crippen LogP contribution in [0.3, 0.4) is 0 Å². The molecule has 1 atom stereocenters. The van der Waals surface area contributed by atoms with Crippen molar-refractivity contribution in [3.63, 3.8) is 0 Å². The molecule has 0 unspecified atom stereocenters. The molecule has 0 saturated carbocycles. The van der Waals surface area contributed by atoms with Crippen LogP contribution in [0.25, 0.3) is 0 Å². The summed E-state index contributed by atoms with van der Waals surface area (Å²) < 4.78 is 0. The van der Waals surface area contributed by atoms with Gasteiger partial charge in [-0.2, -0.15) is 0 Å². The second-order valence-corrected chi connectivity index (χ2v) is 5.21. The number of para-hydroxylation sites is 1. The van der Waals surface area contributed by atoms with E-state index in [4.69, 9.17) is 0 Å². The summed E-state index contributed by atoms with van der Waals surface area (Å²) in [5.74, 6) is 0. The molecule has 0 spiro atoms. The lowest BCUT2D eigenvalue weighted by Crippen LogP contribution is -2.31. The molecular formula is C15H24N2O. The molecule has 2 rings (SSSR count). The topological polar surface area (TPSA) is 26.7 Å². The Labute approximate surface area is 110 Å². The fourth-order valence-corrected chi connectivity index (χ4v) is 2.61. The molecule has 3 nitrogen and oxygen atoms in total. The molecule has 0 bridgehead atoms. The predicted molar refractivity (Wildman–Crippen MR) is 76.0 cm³/mol. The molecule has 18 heavy (non-hydrogen) atoms. The Hall–Kier alpha value is -1.06. The van der Waals surface area contributed by atoms with Crippen LogP contribution in [-0.4, -0.2) is 43.2 Å². The molecule has 1 saturated heterocycles. The van der Waals surface area contributed by atoms with Crippen molar-refractivity contribution in [2.24, 2.45) is 0 Å². The quantitative estimate of drug-likeness (QED) is 0.866. The molecule has 0 radical (unpaired) electrons. The van der Waals surface area contributed by atoms with Crippen LogP contribution >= 0.6 is 0 Å². The normalized spacial score (nSPS) is 17.9. The molecule has 100 valence electrons. The summed E-state index contributed by atoms with van der Waals surface area (Å²) in [4.78, 5) is 4.77. The van der Waals surface area contributed by atoms with Crippen molar-refractivity contribution in [3.8, 4) is 0 Å². The van der Waals surface area contributed by atoms with Gasteiger partial charge in [-0.3, -0.25) is 0 Å². The van der Waals surface area contributed by atoms with E-state index in [0.717, 1.165) is 24.3 Å². The summed E-state index contributed by atoms with van der Waals surface area (Å²) in [5, 5.41) is 9.80. The highest BCUT2D eigenvalue weighted by atomic mass is 16.3. The Bertz CT molecular complexity index is 373. The molecule has 1 N–H and O–H groups in total. The van der Waals surface area contributed by atoms with Crippen LogP contribution in [0, 0.1) is 0 Å². The van der Waals surface area contributed by atoms with Gasteiger partial charge in [0.2, 0.25) is 0 Å². The van der Waals surface area contributed by atoms with Gasteiger partial charge < -0.3 is 14.9 Å². The van der Waals surface area contributed by atoms with E-state index in [9.17, 15) is 5.11 Å². The molecule has 1 aliphatic rings. The van der Waals surface area contributed by atoms with E-state index in [1.54, 1.807) is 0 Å². The summed E-state index contributed by atoms with van der Waals surface area (Å²) in [5.41, 5.74) is 2.16. The fourth-order valence-electron chi connectivity index (χ4n) is 2.61. The number of anilines is 1. The van der Waals surface area contributed by atoms with Gasteiger partial charge in [0, 0.05) is 31.4 Å². The molecule has 1 aliphatic heterocycles. The van der Waals surface area contributed by atoms with Crippen molar-refractivity contribution < 1.29 is 5.11 Å². The summed E-state index contributed by atoms with van der Waals surface area (Å²) >= 11 is 0. The summed E-state index contributed by atoms with van der Waals surface area (Å²) in [6.45, 7) is 6.44. The third kappa shape index (κ3) is 3.24. The molecule has 1 aromatic rings. The number of hydrogen-bond acceptors (Lipinski definition) is 3. The van der Waals surface area contributed by atoms with E-state index >= 15 is 0 Å². The number of rotatable bonds is 5. The average molecular weight is 248 g/mol. The van der Waals surface area contributed by atoms with Crippen molar-refractivity contribution in [2.75, 3.05) is 38.1 Å². The van der Waals surface area contributed by atoms with Crippen LogP contribution < -0.4 is 4.90 Å². The maximum atomic E-state index is 9.80. The van der Waals surface area contributed by atoms with Gasteiger partial charge in [0.1, 0.15) is 0 Å². The number of aliphatic hydroxyl groups is 1. The van der Waals surface area contributed by atoms with Crippen LogP contribution in [-0.2, 0) is 0 Å². The first-order valence-electron chi connectivity index (χ1n) is 6.89. The van der Waals surface area contributed by atoms with Crippen LogP contribution in [0.5, 0.6) is 0 Å². The van der Waals surface area contributed by atoms with E-state index in [2.05, 4.69) is 22.9 Å². The number of benzene rings is 1. The van der Waals surface area contributed by atoms with E-state index in [0.29, 0.717) is 0 Å². The van der Waals surface area contributed by atoms with Crippen molar-refractivity contribution in [2.45, 2.75) is 25.9 Å². The van der Waals surface area contributed by atoms with Crippen molar-refractivity contribution in [3.05, 3.63) is 29.8 Å². The van der Waals surface area contributed by atoms with Gasteiger partial charge in [-0.25, -0.2) is 0 Å². The Morgan fingerprint density at radius 1 is 1.28 bits per heavy atom. The van der Waals surface area contributed by atoms with Gasteiger partial charge in [-0.1, -0.05) is 18.2 Å². The highest BCUT2D eigenvalue weighted by Crippen LogP contribution is 2.25. The largest absolute Gasteiger partial charge is 0.389 e. The molecule has 0 amide bonds. The molecule has 1 heterocycles. The minimum absolute atomic E-state index is 0.407. The highest BCUT2D eigenvalue weighted by molar-refractivity contribution is 5.53. The van der Waals surface area contributed by atoms with Gasteiger partial charge in [-0.05, 0) is 38.9 Å². The molecule has 1 fully saturated rings. The highest BCUT2D eigenvalue weighted by Gasteiger charge is 2.14. The van der Waals surface area contributed by atoms with Crippen LogP contribution in [0.1, 0.15) is 31.4 Å². The zero-order valence-corrected chi connectivity index (χ0v) is 11.5. The van der Waals surface area contributed by atoms with Crippen LogP contribution in [0.2, 0.25) is 0 Å². The lowest BCUT2D eigenvalue weighted by Gasteiger charge is -2.26. The Kier molecular flexibility index (Phi) is 4.61. The van der Waals surface area contributed by atoms with Gasteiger partial charge in [-0.15, -0.1) is 0 Å². The zero-order valence-electron chi connectivity index (χ0n) is 11.5. The van der Waals surface area contributed by atoms with Gasteiger partial charge in [0.15, 0.2) is 0 Å². The lowest BCUT2D eigenvalue weighted by molar-refractivity contribution is 0.199. The average Bonchev–Trinajstić information content (AvgIpc) is 2.89. The lowest BCUT2D eigenvalue weighted by atomic mass is 10.1. The van der Waals surface area contributed by atoms with E-state index in [1.165, 1.54) is 25.9 Å².